The number of unbranched alkanes of at least 4 members (excludes halogenated alkanes) is 1. The maximum Gasteiger partial charge on any atom is 0.219 e. The molecular formula is C25H29N5OS. The van der Waals surface area contributed by atoms with Gasteiger partial charge >= 0.3 is 0 Å². The van der Waals surface area contributed by atoms with Gasteiger partial charge in [0.25, 0.3) is 0 Å². The number of benzene rings is 2. The highest BCUT2D eigenvalue weighted by atomic mass is 32.2. The van der Waals surface area contributed by atoms with Crippen LogP contribution in [0.25, 0.3) is 22.1 Å². The number of aromatic nitrogens is 4. The fraction of sp³-hybridized carbons (Fsp3) is 0.360. The summed E-state index contributed by atoms with van der Waals surface area (Å²) in [5.74, 6) is 1.00. The van der Waals surface area contributed by atoms with Crippen molar-refractivity contribution in [3.05, 3.63) is 59.7 Å². The number of aryl methyl sites for hydroxylation is 1. The molecule has 0 radical (unpaired) electrons. The van der Waals surface area contributed by atoms with E-state index in [9.17, 15) is 4.79 Å². The topological polar surface area (TPSA) is 72.7 Å². The molecule has 0 aliphatic rings. The largest absolute Gasteiger partial charge is 0.356 e. The Balaban J connectivity index is 1.49. The van der Waals surface area contributed by atoms with Gasteiger partial charge in [0.05, 0.1) is 5.52 Å². The van der Waals surface area contributed by atoms with Gasteiger partial charge in [-0.25, -0.2) is 4.98 Å². The van der Waals surface area contributed by atoms with Crippen LogP contribution >= 0.6 is 11.8 Å². The second-order valence-electron chi connectivity index (χ2n) is 8.01. The van der Waals surface area contributed by atoms with Crippen molar-refractivity contribution < 1.29 is 4.79 Å². The highest BCUT2D eigenvalue weighted by Gasteiger charge is 2.15. The number of fused-ring (bicyclic) bond motifs is 3. The van der Waals surface area contributed by atoms with Crippen LogP contribution in [0.1, 0.15) is 43.7 Å². The Morgan fingerprint density at radius 1 is 1.06 bits per heavy atom. The van der Waals surface area contributed by atoms with Crippen molar-refractivity contribution in [3.63, 3.8) is 0 Å². The molecule has 0 atom stereocenters. The molecular weight excluding hydrogens is 418 g/mol. The summed E-state index contributed by atoms with van der Waals surface area (Å²) in [4.78, 5) is 16.6. The fourth-order valence-electron chi connectivity index (χ4n) is 3.69. The second kappa shape index (κ2) is 10.6. The zero-order chi connectivity index (χ0) is 22.3. The van der Waals surface area contributed by atoms with Gasteiger partial charge in [0.2, 0.25) is 11.1 Å². The predicted molar refractivity (Wildman–Crippen MR) is 131 cm³/mol. The van der Waals surface area contributed by atoms with Crippen molar-refractivity contribution in [1.29, 1.82) is 0 Å². The fourth-order valence-corrected chi connectivity index (χ4v) is 4.47. The van der Waals surface area contributed by atoms with E-state index in [4.69, 9.17) is 4.98 Å². The van der Waals surface area contributed by atoms with Crippen LogP contribution < -0.4 is 5.32 Å². The summed E-state index contributed by atoms with van der Waals surface area (Å²) < 4.78 is 2.23. The van der Waals surface area contributed by atoms with Crippen LogP contribution in [0.15, 0.2) is 53.7 Å². The number of hydrogen-bond donors (Lipinski definition) is 1. The Labute approximate surface area is 192 Å². The lowest BCUT2D eigenvalue weighted by Gasteiger charge is -2.08. The number of thioether (sulfide) groups is 1. The van der Waals surface area contributed by atoms with Gasteiger partial charge in [0.15, 0.2) is 5.65 Å². The molecule has 0 aliphatic carbocycles. The summed E-state index contributed by atoms with van der Waals surface area (Å²) in [6.07, 6.45) is 3.35. The molecule has 7 heteroatoms. The van der Waals surface area contributed by atoms with E-state index in [1.807, 2.05) is 12.1 Å². The average molecular weight is 448 g/mol. The molecule has 32 heavy (non-hydrogen) atoms. The first-order valence-corrected chi connectivity index (χ1v) is 12.2. The van der Waals surface area contributed by atoms with Gasteiger partial charge in [-0.1, -0.05) is 66.7 Å². The molecule has 0 unspecified atom stereocenters. The van der Waals surface area contributed by atoms with Gasteiger partial charge in [-0.2, -0.15) is 0 Å². The van der Waals surface area contributed by atoms with E-state index in [1.54, 1.807) is 11.8 Å². The maximum atomic E-state index is 11.7. The molecule has 2 aromatic heterocycles. The Hall–Kier alpha value is -2.93. The minimum absolute atomic E-state index is 0.136. The van der Waals surface area contributed by atoms with E-state index < -0.39 is 0 Å². The number of nitrogens with zero attached hydrogens (tertiary/aromatic N) is 4. The standard InChI is InChI=1S/C25H29N5OS/c1-3-15-26-22(31)10-6-7-16-32-25-27-24-23(28-29-25)20-8-4-5-9-21(20)30(24)17-19-13-11-18(2)12-14-19/h4-5,8-9,11-14H,3,6-7,10,15-17H2,1-2H3,(H,26,31). The van der Waals surface area contributed by atoms with Gasteiger partial charge in [-0.15, -0.1) is 10.2 Å². The first kappa shape index (κ1) is 22.3. The summed E-state index contributed by atoms with van der Waals surface area (Å²) in [6, 6.07) is 16.9. The van der Waals surface area contributed by atoms with Crippen LogP contribution in [0.3, 0.4) is 0 Å². The maximum absolute atomic E-state index is 11.7. The molecule has 166 valence electrons. The molecule has 0 fully saturated rings. The van der Waals surface area contributed by atoms with E-state index in [0.29, 0.717) is 11.6 Å². The van der Waals surface area contributed by atoms with E-state index in [1.165, 1.54) is 11.1 Å². The Morgan fingerprint density at radius 2 is 1.88 bits per heavy atom. The van der Waals surface area contributed by atoms with Crippen LogP contribution in [0, 0.1) is 6.92 Å². The van der Waals surface area contributed by atoms with E-state index in [-0.39, 0.29) is 5.91 Å². The molecule has 0 saturated heterocycles. The Kier molecular flexibility index (Phi) is 7.37. The van der Waals surface area contributed by atoms with Crippen molar-refractivity contribution in [3.8, 4) is 0 Å². The first-order chi connectivity index (χ1) is 15.7. The van der Waals surface area contributed by atoms with Crippen LogP contribution in [0.2, 0.25) is 0 Å². The van der Waals surface area contributed by atoms with Crippen LogP contribution in [-0.4, -0.2) is 38.0 Å². The molecule has 1 N–H and O–H groups in total. The first-order valence-electron chi connectivity index (χ1n) is 11.2. The number of hydrogen-bond acceptors (Lipinski definition) is 5. The third-order valence-electron chi connectivity index (χ3n) is 5.42. The van der Waals surface area contributed by atoms with Crippen molar-refractivity contribution in [1.82, 2.24) is 25.1 Å². The molecule has 6 nitrogen and oxygen atoms in total. The molecule has 0 spiro atoms. The normalized spacial score (nSPS) is 11.3. The van der Waals surface area contributed by atoms with Crippen molar-refractivity contribution in [2.24, 2.45) is 0 Å². The molecule has 0 bridgehead atoms. The van der Waals surface area contributed by atoms with Crippen LogP contribution in [0.5, 0.6) is 0 Å². The van der Waals surface area contributed by atoms with Gasteiger partial charge in [-0.05, 0) is 37.8 Å². The van der Waals surface area contributed by atoms with Crippen molar-refractivity contribution in [2.45, 2.75) is 51.2 Å². The van der Waals surface area contributed by atoms with Gasteiger partial charge in [0, 0.05) is 30.6 Å². The smallest absolute Gasteiger partial charge is 0.219 e. The molecule has 2 heterocycles. The molecule has 0 saturated carbocycles. The lowest BCUT2D eigenvalue weighted by Crippen LogP contribution is -2.23. The molecule has 1 amide bonds. The highest BCUT2D eigenvalue weighted by molar-refractivity contribution is 7.99. The van der Waals surface area contributed by atoms with Gasteiger partial charge in [0.1, 0.15) is 5.52 Å². The number of rotatable bonds is 10. The number of carbonyl (C=O) groups excluding carboxylic acids is 1. The summed E-state index contributed by atoms with van der Waals surface area (Å²) in [5.41, 5.74) is 5.30. The molecule has 0 aliphatic heterocycles. The van der Waals surface area contributed by atoms with E-state index >= 15 is 0 Å². The number of para-hydroxylation sites is 1. The third kappa shape index (κ3) is 5.27. The minimum atomic E-state index is 0.136. The Bertz CT molecular complexity index is 1200. The zero-order valence-electron chi connectivity index (χ0n) is 18.7. The minimum Gasteiger partial charge on any atom is -0.356 e. The summed E-state index contributed by atoms with van der Waals surface area (Å²) in [5, 5.41) is 13.6. The number of carbonyl (C=O) groups is 1. The lowest BCUT2D eigenvalue weighted by molar-refractivity contribution is -0.121. The van der Waals surface area contributed by atoms with Gasteiger partial charge in [-0.3, -0.25) is 4.79 Å². The lowest BCUT2D eigenvalue weighted by atomic mass is 10.1. The monoisotopic (exact) mass is 447 g/mol. The summed E-state index contributed by atoms with van der Waals surface area (Å²) in [6.45, 7) is 5.65. The van der Waals surface area contributed by atoms with E-state index in [2.05, 4.69) is 70.3 Å². The van der Waals surface area contributed by atoms with Crippen molar-refractivity contribution >= 4 is 39.7 Å². The molecule has 4 aromatic rings. The summed E-state index contributed by atoms with van der Waals surface area (Å²) >= 11 is 1.60. The van der Waals surface area contributed by atoms with Gasteiger partial charge < -0.3 is 9.88 Å². The molecule has 2 aromatic carbocycles. The van der Waals surface area contributed by atoms with Crippen LogP contribution in [0.4, 0.5) is 0 Å². The quantitative estimate of drug-likeness (QED) is 0.270. The zero-order valence-corrected chi connectivity index (χ0v) is 19.5. The van der Waals surface area contributed by atoms with Crippen molar-refractivity contribution in [2.75, 3.05) is 12.3 Å². The predicted octanol–water partition coefficient (Wildman–Crippen LogP) is 5.12. The highest BCUT2D eigenvalue weighted by Crippen LogP contribution is 2.28. The second-order valence-corrected chi connectivity index (χ2v) is 9.07. The SMILES string of the molecule is CCCNC(=O)CCCCSc1nnc2c3ccccc3n(Cc3ccc(C)cc3)c2n1. The number of amides is 1. The Morgan fingerprint density at radius 3 is 2.69 bits per heavy atom. The summed E-state index contributed by atoms with van der Waals surface area (Å²) in [7, 11) is 0. The van der Waals surface area contributed by atoms with Crippen LogP contribution in [-0.2, 0) is 11.3 Å². The third-order valence-corrected chi connectivity index (χ3v) is 6.34. The molecule has 4 rings (SSSR count). The average Bonchev–Trinajstić information content (AvgIpc) is 3.12. The number of nitrogens with one attached hydrogen (secondary N) is 1. The van der Waals surface area contributed by atoms with E-state index in [0.717, 1.165) is 60.2 Å².